The summed E-state index contributed by atoms with van der Waals surface area (Å²) in [5, 5.41) is 3.52. The van der Waals surface area contributed by atoms with E-state index in [9.17, 15) is 0 Å². The number of benzene rings is 1. The Morgan fingerprint density at radius 2 is 1.75 bits per heavy atom. The van der Waals surface area contributed by atoms with E-state index in [1.807, 2.05) is 0 Å². The van der Waals surface area contributed by atoms with Gasteiger partial charge in [0.1, 0.15) is 0 Å². The van der Waals surface area contributed by atoms with E-state index in [1.54, 1.807) is 0 Å². The first-order valence-electron chi connectivity index (χ1n) is 7.66. The summed E-state index contributed by atoms with van der Waals surface area (Å²) in [5.41, 5.74) is 3.00. The van der Waals surface area contributed by atoms with Crippen molar-refractivity contribution in [3.63, 3.8) is 0 Å². The van der Waals surface area contributed by atoms with Gasteiger partial charge in [-0.2, -0.15) is 0 Å². The maximum atomic E-state index is 5.35. The summed E-state index contributed by atoms with van der Waals surface area (Å²) in [7, 11) is 0. The maximum absolute atomic E-state index is 5.35. The van der Waals surface area contributed by atoms with E-state index in [0.29, 0.717) is 0 Å². The summed E-state index contributed by atoms with van der Waals surface area (Å²) in [6, 6.07) is 8.97. The highest BCUT2D eigenvalue weighted by molar-refractivity contribution is 5.27. The first-order chi connectivity index (χ1) is 9.55. The Balaban J connectivity index is 1.68. The van der Waals surface area contributed by atoms with Crippen LogP contribution in [0.2, 0.25) is 0 Å². The van der Waals surface area contributed by atoms with Gasteiger partial charge in [0, 0.05) is 32.7 Å². The van der Waals surface area contributed by atoms with E-state index in [0.717, 1.165) is 45.9 Å². The molecule has 1 saturated heterocycles. The van der Waals surface area contributed by atoms with Crippen molar-refractivity contribution in [2.24, 2.45) is 0 Å². The second-order valence-corrected chi connectivity index (χ2v) is 6.58. The predicted molar refractivity (Wildman–Crippen MR) is 84.1 cm³/mol. The Labute approximate surface area is 123 Å². The molecule has 3 nitrogen and oxygen atoms in total. The van der Waals surface area contributed by atoms with Crippen LogP contribution in [0.3, 0.4) is 0 Å². The average Bonchev–Trinajstić information content (AvgIpc) is 2.44. The van der Waals surface area contributed by atoms with Crippen molar-refractivity contribution in [3.8, 4) is 0 Å². The third kappa shape index (κ3) is 4.89. The number of rotatable bonds is 5. The van der Waals surface area contributed by atoms with Crippen LogP contribution >= 0.6 is 0 Å². The molecule has 1 fully saturated rings. The lowest BCUT2D eigenvalue weighted by atomic mass is 9.87. The van der Waals surface area contributed by atoms with Crippen molar-refractivity contribution in [3.05, 3.63) is 35.4 Å². The third-order valence-electron chi connectivity index (χ3n) is 3.86. The maximum Gasteiger partial charge on any atom is 0.0594 e. The molecule has 1 aliphatic heterocycles. The van der Waals surface area contributed by atoms with Gasteiger partial charge in [0.15, 0.2) is 0 Å². The zero-order valence-corrected chi connectivity index (χ0v) is 13.1. The number of hydrogen-bond acceptors (Lipinski definition) is 3. The summed E-state index contributed by atoms with van der Waals surface area (Å²) in [5.74, 6) is 0. The second kappa shape index (κ2) is 7.21. The molecule has 0 radical (unpaired) electrons. The van der Waals surface area contributed by atoms with Gasteiger partial charge in [-0.25, -0.2) is 0 Å². The second-order valence-electron chi connectivity index (χ2n) is 6.58. The lowest BCUT2D eigenvalue weighted by Crippen LogP contribution is -2.40. The Morgan fingerprint density at radius 1 is 1.10 bits per heavy atom. The monoisotopic (exact) mass is 276 g/mol. The molecule has 112 valence electrons. The Kier molecular flexibility index (Phi) is 5.58. The summed E-state index contributed by atoms with van der Waals surface area (Å²) in [6.45, 7) is 13.8. The minimum atomic E-state index is 0.238. The van der Waals surface area contributed by atoms with Crippen LogP contribution in [-0.2, 0) is 16.7 Å². The molecule has 1 N–H and O–H groups in total. The van der Waals surface area contributed by atoms with Gasteiger partial charge < -0.3 is 10.1 Å². The third-order valence-corrected chi connectivity index (χ3v) is 3.86. The minimum absolute atomic E-state index is 0.238. The molecular formula is C17H28N2O. The molecule has 1 aromatic carbocycles. The van der Waals surface area contributed by atoms with Crippen LogP contribution in [0.15, 0.2) is 24.3 Å². The number of nitrogens with one attached hydrogen (secondary N) is 1. The Morgan fingerprint density at radius 3 is 2.35 bits per heavy atom. The van der Waals surface area contributed by atoms with Crippen molar-refractivity contribution < 1.29 is 4.74 Å². The molecule has 0 unspecified atom stereocenters. The normalized spacial score (nSPS) is 17.4. The molecule has 20 heavy (non-hydrogen) atoms. The zero-order chi connectivity index (χ0) is 14.4. The molecule has 1 aromatic rings. The highest BCUT2D eigenvalue weighted by Gasteiger charge is 2.12. The van der Waals surface area contributed by atoms with Crippen molar-refractivity contribution in [2.45, 2.75) is 32.7 Å². The lowest BCUT2D eigenvalue weighted by molar-refractivity contribution is 0.0384. The van der Waals surface area contributed by atoms with Gasteiger partial charge in [0.05, 0.1) is 13.2 Å². The number of hydrogen-bond donors (Lipinski definition) is 1. The molecule has 0 saturated carbocycles. The Bertz CT molecular complexity index is 388. The summed E-state index contributed by atoms with van der Waals surface area (Å²) in [6.07, 6.45) is 0. The van der Waals surface area contributed by atoms with Gasteiger partial charge in [-0.05, 0) is 16.5 Å². The quantitative estimate of drug-likeness (QED) is 0.836. The van der Waals surface area contributed by atoms with E-state index < -0.39 is 0 Å². The van der Waals surface area contributed by atoms with Gasteiger partial charge in [-0.3, -0.25) is 4.90 Å². The van der Waals surface area contributed by atoms with Gasteiger partial charge in [-0.15, -0.1) is 0 Å². The number of morpholine rings is 1. The summed E-state index contributed by atoms with van der Waals surface area (Å²) < 4.78 is 5.35. The average molecular weight is 276 g/mol. The smallest absolute Gasteiger partial charge is 0.0594 e. The number of nitrogens with zero attached hydrogens (tertiary/aromatic N) is 1. The van der Waals surface area contributed by atoms with E-state index >= 15 is 0 Å². The molecule has 3 heteroatoms. The van der Waals surface area contributed by atoms with E-state index in [4.69, 9.17) is 4.74 Å². The molecule has 0 bridgehead atoms. The predicted octanol–water partition coefficient (Wildman–Crippen LogP) is 2.41. The van der Waals surface area contributed by atoms with Gasteiger partial charge in [0.25, 0.3) is 0 Å². The summed E-state index contributed by atoms with van der Waals surface area (Å²) in [4.78, 5) is 2.46. The Hall–Kier alpha value is -0.900. The van der Waals surface area contributed by atoms with Crippen LogP contribution in [0.1, 0.15) is 31.9 Å². The largest absolute Gasteiger partial charge is 0.379 e. The molecule has 0 atom stereocenters. The van der Waals surface area contributed by atoms with Crippen LogP contribution in [0.5, 0.6) is 0 Å². The van der Waals surface area contributed by atoms with Crippen molar-refractivity contribution in [1.29, 1.82) is 0 Å². The van der Waals surface area contributed by atoms with Crippen LogP contribution < -0.4 is 5.32 Å². The van der Waals surface area contributed by atoms with E-state index in [1.165, 1.54) is 11.1 Å². The minimum Gasteiger partial charge on any atom is -0.379 e. The molecule has 0 aromatic heterocycles. The van der Waals surface area contributed by atoms with Crippen LogP contribution in [0.25, 0.3) is 0 Å². The molecular weight excluding hydrogens is 248 g/mol. The topological polar surface area (TPSA) is 24.5 Å². The fourth-order valence-electron chi connectivity index (χ4n) is 2.42. The molecule has 2 rings (SSSR count). The van der Waals surface area contributed by atoms with Crippen LogP contribution in [-0.4, -0.2) is 44.3 Å². The molecule has 1 aliphatic rings. The molecule has 0 spiro atoms. The number of ether oxygens (including phenoxy) is 1. The summed E-state index contributed by atoms with van der Waals surface area (Å²) >= 11 is 0. The molecule has 0 aliphatic carbocycles. The SMILES string of the molecule is CC(C)(C)c1ccc(CNCCN2CCOCC2)cc1. The standard InChI is InChI=1S/C17H28N2O/c1-17(2,3)16-6-4-15(5-7-16)14-18-8-9-19-10-12-20-13-11-19/h4-7,18H,8-14H2,1-3H3. The lowest BCUT2D eigenvalue weighted by Gasteiger charge is -2.26. The van der Waals surface area contributed by atoms with Crippen molar-refractivity contribution in [2.75, 3.05) is 39.4 Å². The first kappa shape index (κ1) is 15.5. The molecule has 1 heterocycles. The van der Waals surface area contributed by atoms with Gasteiger partial charge in [-0.1, -0.05) is 45.0 Å². The molecule has 0 amide bonds. The van der Waals surface area contributed by atoms with E-state index in [-0.39, 0.29) is 5.41 Å². The zero-order valence-electron chi connectivity index (χ0n) is 13.1. The highest BCUT2D eigenvalue weighted by Crippen LogP contribution is 2.22. The van der Waals surface area contributed by atoms with Crippen LogP contribution in [0.4, 0.5) is 0 Å². The van der Waals surface area contributed by atoms with Crippen molar-refractivity contribution in [1.82, 2.24) is 10.2 Å². The van der Waals surface area contributed by atoms with Crippen LogP contribution in [0, 0.1) is 0 Å². The first-order valence-corrected chi connectivity index (χ1v) is 7.66. The highest BCUT2D eigenvalue weighted by atomic mass is 16.5. The van der Waals surface area contributed by atoms with Gasteiger partial charge >= 0.3 is 0 Å². The van der Waals surface area contributed by atoms with Crippen molar-refractivity contribution >= 4 is 0 Å². The van der Waals surface area contributed by atoms with E-state index in [2.05, 4.69) is 55.3 Å². The fourth-order valence-corrected chi connectivity index (χ4v) is 2.42. The fraction of sp³-hybridized carbons (Fsp3) is 0.647. The van der Waals surface area contributed by atoms with Gasteiger partial charge in [0.2, 0.25) is 0 Å².